The number of nitrogens with zero attached hydrogens (tertiary/aromatic N) is 4. The summed E-state index contributed by atoms with van der Waals surface area (Å²) in [5, 5.41) is 6.90. The summed E-state index contributed by atoms with van der Waals surface area (Å²) in [6, 6.07) is 21.5. The molecule has 5 heterocycles. The Labute approximate surface area is 306 Å². The van der Waals surface area contributed by atoms with Crippen LogP contribution >= 0.6 is 0 Å². The maximum atomic E-state index is 15.3. The van der Waals surface area contributed by atoms with Gasteiger partial charge in [0.2, 0.25) is 0 Å². The largest absolute Gasteiger partial charge is 0.309 e. The van der Waals surface area contributed by atoms with Crippen molar-refractivity contribution in [2.24, 2.45) is 29.1 Å². The van der Waals surface area contributed by atoms with Gasteiger partial charge in [-0.15, -0.1) is 0 Å². The highest BCUT2D eigenvalue weighted by Gasteiger charge is 2.66. The van der Waals surface area contributed by atoms with Crippen molar-refractivity contribution in [3.63, 3.8) is 0 Å². The standard InChI is InChI=1S/C48H40N4O/c53-47-32-8-4-5-9-34(32)51(31-6-2-1-3-7-31)35-18-33-40-36(21-50-45-28-16-30-17-29-15-27(39(40)45)19-48(29,30)20-28)52-37-22-49-44-26-13-23-10-24(14-26)12-25(11-23)38(44)41(37)43(42(35)47)46(33)52/h1-9,18,21-30H,10-17,19-20H2. The highest BCUT2D eigenvalue weighted by atomic mass is 16.1. The molecule has 3 aromatic carbocycles. The third-order valence-corrected chi connectivity index (χ3v) is 16.9. The van der Waals surface area contributed by atoms with E-state index in [4.69, 9.17) is 9.97 Å². The Morgan fingerprint density at radius 1 is 0.566 bits per heavy atom. The molecule has 0 aliphatic heterocycles. The maximum absolute atomic E-state index is 15.3. The van der Waals surface area contributed by atoms with Gasteiger partial charge in [0.05, 0.1) is 45.4 Å². The molecule has 16 rings (SSSR count). The van der Waals surface area contributed by atoms with Gasteiger partial charge in [0.15, 0.2) is 5.43 Å². The Bertz CT molecular complexity index is 3050. The average molecular weight is 689 g/mol. The predicted molar refractivity (Wildman–Crippen MR) is 211 cm³/mol. The zero-order valence-electron chi connectivity index (χ0n) is 29.8. The molecular formula is C48H40N4O. The van der Waals surface area contributed by atoms with E-state index in [0.29, 0.717) is 29.1 Å². The van der Waals surface area contributed by atoms with E-state index in [1.54, 1.807) is 5.56 Å². The van der Waals surface area contributed by atoms with Crippen LogP contribution in [0.4, 0.5) is 0 Å². The zero-order valence-corrected chi connectivity index (χ0v) is 29.8. The normalized spacial score (nSPS) is 33.1. The van der Waals surface area contributed by atoms with Gasteiger partial charge < -0.3 is 8.97 Å². The monoisotopic (exact) mass is 688 g/mol. The summed E-state index contributed by atoms with van der Waals surface area (Å²) >= 11 is 0. The molecule has 8 aliphatic rings. The van der Waals surface area contributed by atoms with Gasteiger partial charge in [0.25, 0.3) is 0 Å². The van der Waals surface area contributed by atoms with Crippen LogP contribution in [0.1, 0.15) is 110 Å². The zero-order chi connectivity index (χ0) is 34.1. The summed E-state index contributed by atoms with van der Waals surface area (Å²) < 4.78 is 4.94. The Morgan fingerprint density at radius 2 is 1.25 bits per heavy atom. The van der Waals surface area contributed by atoms with E-state index in [2.05, 4.69) is 69.9 Å². The molecule has 8 aromatic rings. The SMILES string of the molecule is O=c1c2ccccc2n(-c2ccccc2)c2cc3c4c5c(ncc4n4c6cnc7c(c6c(c12)c34)C1CC2CC(CC7C2)C1)C1CC2CC3CC5CC23C1. The molecule has 7 bridgehead atoms. The number of benzene rings is 3. The molecule has 258 valence electrons. The number of aromatic nitrogens is 4. The Balaban J connectivity index is 1.20. The van der Waals surface area contributed by atoms with Gasteiger partial charge in [0, 0.05) is 55.8 Å². The van der Waals surface area contributed by atoms with Crippen molar-refractivity contribution in [2.45, 2.75) is 87.9 Å². The van der Waals surface area contributed by atoms with Crippen molar-refractivity contribution in [3.8, 4) is 5.69 Å². The molecular weight excluding hydrogens is 649 g/mol. The quantitative estimate of drug-likeness (QED) is 0.161. The second-order valence-corrected chi connectivity index (χ2v) is 19.0. The highest BCUT2D eigenvalue weighted by molar-refractivity contribution is 6.32. The molecule has 7 unspecified atom stereocenters. The smallest absolute Gasteiger partial charge is 0.197 e. The fourth-order valence-corrected chi connectivity index (χ4v) is 15.4. The summed E-state index contributed by atoms with van der Waals surface area (Å²) in [6.07, 6.45) is 17.7. The summed E-state index contributed by atoms with van der Waals surface area (Å²) in [7, 11) is 0. The van der Waals surface area contributed by atoms with Crippen molar-refractivity contribution in [1.29, 1.82) is 0 Å². The molecule has 5 saturated carbocycles. The minimum Gasteiger partial charge on any atom is -0.309 e. The number of para-hydroxylation sites is 2. The van der Waals surface area contributed by atoms with Crippen LogP contribution in [0.5, 0.6) is 0 Å². The van der Waals surface area contributed by atoms with E-state index in [1.165, 1.54) is 119 Å². The fraction of sp³-hybridized carbons (Fsp3) is 0.396. The number of pyridine rings is 3. The number of hydrogen-bond donors (Lipinski definition) is 0. The van der Waals surface area contributed by atoms with Gasteiger partial charge in [-0.1, -0.05) is 30.3 Å². The molecule has 8 aliphatic carbocycles. The summed E-state index contributed by atoms with van der Waals surface area (Å²) in [4.78, 5) is 26.3. The first kappa shape index (κ1) is 27.8. The topological polar surface area (TPSA) is 52.2 Å². The third kappa shape index (κ3) is 3.04. The summed E-state index contributed by atoms with van der Waals surface area (Å²) in [5.74, 6) is 5.59. The van der Waals surface area contributed by atoms with Gasteiger partial charge in [-0.25, -0.2) is 0 Å². The molecule has 1 spiro atoms. The lowest BCUT2D eigenvalue weighted by molar-refractivity contribution is 0.00321. The number of rotatable bonds is 1. The predicted octanol–water partition coefficient (Wildman–Crippen LogP) is 10.9. The molecule has 53 heavy (non-hydrogen) atoms. The third-order valence-electron chi connectivity index (χ3n) is 16.9. The molecule has 5 heteroatoms. The van der Waals surface area contributed by atoms with Crippen molar-refractivity contribution in [3.05, 3.63) is 106 Å². The Hall–Kier alpha value is -4.77. The van der Waals surface area contributed by atoms with Gasteiger partial charge in [-0.05, 0) is 147 Å². The van der Waals surface area contributed by atoms with Crippen molar-refractivity contribution in [1.82, 2.24) is 18.9 Å². The van der Waals surface area contributed by atoms with Crippen LogP contribution in [0.15, 0.2) is 77.9 Å². The van der Waals surface area contributed by atoms with E-state index < -0.39 is 0 Å². The van der Waals surface area contributed by atoms with Crippen molar-refractivity contribution < 1.29 is 0 Å². The fourth-order valence-electron chi connectivity index (χ4n) is 15.4. The van der Waals surface area contributed by atoms with Gasteiger partial charge >= 0.3 is 0 Å². The van der Waals surface area contributed by atoms with Gasteiger partial charge in [-0.3, -0.25) is 14.8 Å². The molecule has 5 nitrogen and oxygen atoms in total. The molecule has 5 aromatic heterocycles. The van der Waals surface area contributed by atoms with E-state index in [9.17, 15) is 0 Å². The Morgan fingerprint density at radius 3 is 2.08 bits per heavy atom. The first-order chi connectivity index (χ1) is 26.1. The van der Waals surface area contributed by atoms with Crippen LogP contribution in [0.3, 0.4) is 0 Å². The molecule has 5 fully saturated rings. The molecule has 7 atom stereocenters. The summed E-state index contributed by atoms with van der Waals surface area (Å²) in [5.41, 5.74) is 13.3. The average Bonchev–Trinajstić information content (AvgIpc) is 3.82. The van der Waals surface area contributed by atoms with Crippen LogP contribution in [0.25, 0.3) is 65.6 Å². The van der Waals surface area contributed by atoms with E-state index >= 15 is 4.79 Å². The van der Waals surface area contributed by atoms with Crippen LogP contribution in [0, 0.1) is 29.1 Å². The minimum atomic E-state index is 0.154. The Kier molecular flexibility index (Phi) is 4.69. The van der Waals surface area contributed by atoms with E-state index in [-0.39, 0.29) is 5.43 Å². The molecule has 0 N–H and O–H groups in total. The number of fused-ring (bicyclic) bond motifs is 15. The summed E-state index contributed by atoms with van der Waals surface area (Å²) in [6.45, 7) is 0. The lowest BCUT2D eigenvalue weighted by Gasteiger charge is -2.48. The van der Waals surface area contributed by atoms with Crippen molar-refractivity contribution >= 4 is 59.9 Å². The van der Waals surface area contributed by atoms with Crippen LogP contribution < -0.4 is 5.43 Å². The van der Waals surface area contributed by atoms with Crippen LogP contribution in [-0.2, 0) is 0 Å². The maximum Gasteiger partial charge on any atom is 0.197 e. The van der Waals surface area contributed by atoms with Gasteiger partial charge in [0.1, 0.15) is 0 Å². The number of hydrogen-bond acceptors (Lipinski definition) is 3. The minimum absolute atomic E-state index is 0.154. The van der Waals surface area contributed by atoms with Crippen molar-refractivity contribution in [2.75, 3.05) is 0 Å². The first-order valence-electron chi connectivity index (χ1n) is 20.7. The molecule has 0 radical (unpaired) electrons. The highest BCUT2D eigenvalue weighted by Crippen LogP contribution is 2.76. The molecule has 0 amide bonds. The van der Waals surface area contributed by atoms with Crippen LogP contribution in [0.2, 0.25) is 0 Å². The molecule has 0 saturated heterocycles. The van der Waals surface area contributed by atoms with E-state index in [1.807, 2.05) is 12.1 Å². The van der Waals surface area contributed by atoms with Crippen LogP contribution in [-0.4, -0.2) is 18.9 Å². The second kappa shape index (κ2) is 8.94. The lowest BCUT2D eigenvalue weighted by Crippen LogP contribution is -2.41. The van der Waals surface area contributed by atoms with Gasteiger partial charge in [-0.2, -0.15) is 0 Å². The van der Waals surface area contributed by atoms with E-state index in [0.717, 1.165) is 51.2 Å². The second-order valence-electron chi connectivity index (χ2n) is 19.0. The first-order valence-corrected chi connectivity index (χ1v) is 20.7. The lowest BCUT2D eigenvalue weighted by atomic mass is 9.56.